The first-order chi connectivity index (χ1) is 12.1. The van der Waals surface area contributed by atoms with Crippen LogP contribution >= 0.6 is 0 Å². The maximum Gasteiger partial charge on any atom is 0.133 e. The van der Waals surface area contributed by atoms with E-state index in [0.29, 0.717) is 11.6 Å². The van der Waals surface area contributed by atoms with Crippen LogP contribution in [0.3, 0.4) is 0 Å². The Balaban J connectivity index is 1.59. The number of aromatic nitrogens is 2. The summed E-state index contributed by atoms with van der Waals surface area (Å²) in [5.41, 5.74) is 1.96. The van der Waals surface area contributed by atoms with E-state index in [4.69, 9.17) is 5.26 Å². The number of anilines is 2. The zero-order chi connectivity index (χ0) is 17.6. The molecule has 2 heterocycles. The lowest BCUT2D eigenvalue weighted by Crippen LogP contribution is -2.41. The van der Waals surface area contributed by atoms with E-state index in [2.05, 4.69) is 26.3 Å². The van der Waals surface area contributed by atoms with Gasteiger partial charge in [0.25, 0.3) is 0 Å². The van der Waals surface area contributed by atoms with Gasteiger partial charge in [-0.15, -0.1) is 0 Å². The summed E-state index contributed by atoms with van der Waals surface area (Å²) < 4.78 is 0. The van der Waals surface area contributed by atoms with Crippen molar-refractivity contribution in [2.75, 3.05) is 37.4 Å². The smallest absolute Gasteiger partial charge is 0.133 e. The molecule has 0 saturated carbocycles. The standard InChI is InChI=1S/C19H24N6/c1-24(2)19-10-18(21-14-22-19)23-17-4-3-9-25(13-17)12-16-7-5-15(11-20)6-8-16/h5-8,10,14,17H,3-4,9,12-13H2,1-2H3,(H,21,22,23). The van der Waals surface area contributed by atoms with Crippen LogP contribution in [-0.2, 0) is 6.54 Å². The third-order valence-corrected chi connectivity index (χ3v) is 4.46. The van der Waals surface area contributed by atoms with Crippen molar-refractivity contribution in [2.45, 2.75) is 25.4 Å². The summed E-state index contributed by atoms with van der Waals surface area (Å²) in [6, 6.07) is 12.4. The molecule has 0 spiro atoms. The maximum absolute atomic E-state index is 8.90. The second kappa shape index (κ2) is 7.95. The van der Waals surface area contributed by atoms with E-state index in [-0.39, 0.29) is 0 Å². The van der Waals surface area contributed by atoms with Gasteiger partial charge in [-0.2, -0.15) is 5.26 Å². The van der Waals surface area contributed by atoms with Gasteiger partial charge in [0.2, 0.25) is 0 Å². The molecule has 1 aliphatic rings. The maximum atomic E-state index is 8.90. The highest BCUT2D eigenvalue weighted by Crippen LogP contribution is 2.18. The van der Waals surface area contributed by atoms with Gasteiger partial charge in [0.1, 0.15) is 18.0 Å². The van der Waals surface area contributed by atoms with Gasteiger partial charge in [-0.1, -0.05) is 12.1 Å². The lowest BCUT2D eigenvalue weighted by Gasteiger charge is -2.33. The minimum Gasteiger partial charge on any atom is -0.366 e. The zero-order valence-corrected chi connectivity index (χ0v) is 14.8. The van der Waals surface area contributed by atoms with E-state index in [1.54, 1.807) is 6.33 Å². The SMILES string of the molecule is CN(C)c1cc(NC2CCCN(Cc3ccc(C#N)cc3)C2)ncn1. The lowest BCUT2D eigenvalue weighted by atomic mass is 10.0. The largest absolute Gasteiger partial charge is 0.366 e. The highest BCUT2D eigenvalue weighted by molar-refractivity contribution is 5.47. The molecule has 0 radical (unpaired) electrons. The van der Waals surface area contributed by atoms with Crippen molar-refractivity contribution in [3.05, 3.63) is 47.8 Å². The van der Waals surface area contributed by atoms with E-state index < -0.39 is 0 Å². The first kappa shape index (κ1) is 17.2. The molecule has 1 atom stereocenters. The zero-order valence-electron chi connectivity index (χ0n) is 14.8. The van der Waals surface area contributed by atoms with Gasteiger partial charge in [-0.25, -0.2) is 9.97 Å². The minimum absolute atomic E-state index is 0.386. The summed E-state index contributed by atoms with van der Waals surface area (Å²) in [7, 11) is 3.96. The molecule has 0 bridgehead atoms. The van der Waals surface area contributed by atoms with Crippen molar-refractivity contribution in [3.63, 3.8) is 0 Å². The predicted octanol–water partition coefficient (Wildman–Crippen LogP) is 2.49. The van der Waals surface area contributed by atoms with Crippen LogP contribution < -0.4 is 10.2 Å². The first-order valence-corrected chi connectivity index (χ1v) is 8.61. The van der Waals surface area contributed by atoms with Crippen molar-refractivity contribution in [2.24, 2.45) is 0 Å². The van der Waals surface area contributed by atoms with Gasteiger partial charge < -0.3 is 10.2 Å². The number of nitrogens with zero attached hydrogens (tertiary/aromatic N) is 5. The fraction of sp³-hybridized carbons (Fsp3) is 0.421. The van der Waals surface area contributed by atoms with Crippen molar-refractivity contribution in [1.82, 2.24) is 14.9 Å². The average Bonchev–Trinajstić information content (AvgIpc) is 2.63. The van der Waals surface area contributed by atoms with Crippen molar-refractivity contribution >= 4 is 11.6 Å². The minimum atomic E-state index is 0.386. The molecule has 6 nitrogen and oxygen atoms in total. The normalized spacial score (nSPS) is 17.7. The van der Waals surface area contributed by atoms with Crippen molar-refractivity contribution in [1.29, 1.82) is 5.26 Å². The molecule has 1 aromatic carbocycles. The van der Waals surface area contributed by atoms with Gasteiger partial charge in [0.15, 0.2) is 0 Å². The fourth-order valence-electron chi connectivity index (χ4n) is 3.14. The summed E-state index contributed by atoms with van der Waals surface area (Å²) >= 11 is 0. The third kappa shape index (κ3) is 4.68. The fourth-order valence-corrected chi connectivity index (χ4v) is 3.14. The summed E-state index contributed by atoms with van der Waals surface area (Å²) in [6.45, 7) is 3.00. The molecule has 25 heavy (non-hydrogen) atoms. The summed E-state index contributed by atoms with van der Waals surface area (Å²) in [5.74, 6) is 1.78. The van der Waals surface area contributed by atoms with Crippen LogP contribution in [0.15, 0.2) is 36.7 Å². The molecule has 1 aliphatic heterocycles. The third-order valence-electron chi connectivity index (χ3n) is 4.46. The van der Waals surface area contributed by atoms with Crippen LogP contribution in [0.25, 0.3) is 0 Å². The quantitative estimate of drug-likeness (QED) is 0.905. The molecule has 1 N–H and O–H groups in total. The van der Waals surface area contributed by atoms with Crippen LogP contribution in [0.5, 0.6) is 0 Å². The van der Waals surface area contributed by atoms with Crippen LogP contribution in [0, 0.1) is 11.3 Å². The molecule has 1 aromatic heterocycles. The second-order valence-corrected chi connectivity index (χ2v) is 6.68. The average molecular weight is 336 g/mol. The Bertz CT molecular complexity index is 734. The van der Waals surface area contributed by atoms with Gasteiger partial charge in [-0.05, 0) is 37.1 Å². The topological polar surface area (TPSA) is 68.1 Å². The number of hydrogen-bond donors (Lipinski definition) is 1. The van der Waals surface area contributed by atoms with E-state index in [0.717, 1.165) is 37.7 Å². The molecule has 3 rings (SSSR count). The van der Waals surface area contributed by atoms with Crippen molar-refractivity contribution < 1.29 is 0 Å². The Hall–Kier alpha value is -2.65. The summed E-state index contributed by atoms with van der Waals surface area (Å²) in [4.78, 5) is 13.0. The predicted molar refractivity (Wildman–Crippen MR) is 99.4 cm³/mol. The van der Waals surface area contributed by atoms with Gasteiger partial charge >= 0.3 is 0 Å². The molecule has 6 heteroatoms. The van der Waals surface area contributed by atoms with Gasteiger partial charge in [0.05, 0.1) is 11.6 Å². The molecular formula is C19H24N6. The van der Waals surface area contributed by atoms with Gasteiger partial charge in [0, 0.05) is 39.3 Å². The summed E-state index contributed by atoms with van der Waals surface area (Å²) in [6.07, 6.45) is 3.92. The highest BCUT2D eigenvalue weighted by Gasteiger charge is 2.20. The molecule has 2 aromatic rings. The Kier molecular flexibility index (Phi) is 5.46. The van der Waals surface area contributed by atoms with Crippen LogP contribution in [0.2, 0.25) is 0 Å². The van der Waals surface area contributed by atoms with E-state index in [9.17, 15) is 0 Å². The molecule has 0 amide bonds. The first-order valence-electron chi connectivity index (χ1n) is 8.61. The van der Waals surface area contributed by atoms with Crippen LogP contribution in [0.4, 0.5) is 11.6 Å². The van der Waals surface area contributed by atoms with Crippen molar-refractivity contribution in [3.8, 4) is 6.07 Å². The Morgan fingerprint density at radius 2 is 2.08 bits per heavy atom. The molecule has 0 aliphatic carbocycles. The number of likely N-dealkylation sites (tertiary alicyclic amines) is 1. The monoisotopic (exact) mass is 336 g/mol. The number of benzene rings is 1. The Morgan fingerprint density at radius 3 is 2.80 bits per heavy atom. The Morgan fingerprint density at radius 1 is 1.28 bits per heavy atom. The van der Waals surface area contributed by atoms with Gasteiger partial charge in [-0.3, -0.25) is 4.90 Å². The molecular weight excluding hydrogens is 312 g/mol. The van der Waals surface area contributed by atoms with E-state index in [1.807, 2.05) is 49.3 Å². The number of piperidine rings is 1. The number of nitriles is 1. The molecule has 1 unspecified atom stereocenters. The second-order valence-electron chi connectivity index (χ2n) is 6.68. The number of hydrogen-bond acceptors (Lipinski definition) is 6. The van der Waals surface area contributed by atoms with E-state index >= 15 is 0 Å². The van der Waals surface area contributed by atoms with E-state index in [1.165, 1.54) is 12.0 Å². The van der Waals surface area contributed by atoms with Crippen LogP contribution in [0.1, 0.15) is 24.0 Å². The number of nitrogens with one attached hydrogen (secondary N) is 1. The number of rotatable bonds is 5. The Labute approximate surface area is 149 Å². The lowest BCUT2D eigenvalue weighted by molar-refractivity contribution is 0.208. The van der Waals surface area contributed by atoms with Crippen LogP contribution in [-0.4, -0.2) is 48.1 Å². The molecule has 130 valence electrons. The highest BCUT2D eigenvalue weighted by atomic mass is 15.2. The molecule has 1 fully saturated rings. The molecule has 1 saturated heterocycles. The summed E-state index contributed by atoms with van der Waals surface area (Å²) in [5, 5.41) is 12.4.